The van der Waals surface area contributed by atoms with E-state index in [0.717, 1.165) is 6.20 Å². The molecule has 0 radical (unpaired) electrons. The maximum absolute atomic E-state index is 13.0. The number of halogens is 4. The van der Waals surface area contributed by atoms with E-state index in [1.807, 2.05) is 0 Å². The number of rotatable bonds is 3. The lowest BCUT2D eigenvalue weighted by Gasteiger charge is -2.10. The largest absolute Gasteiger partial charge is 0.492 e. The minimum atomic E-state index is -2.69. The van der Waals surface area contributed by atoms with Gasteiger partial charge >= 0.3 is 0 Å². The molecular formula is C8H7BrF3NO. The van der Waals surface area contributed by atoms with Crippen LogP contribution >= 0.6 is 15.9 Å². The van der Waals surface area contributed by atoms with Gasteiger partial charge in [0.15, 0.2) is 5.75 Å². The molecule has 0 amide bonds. The van der Waals surface area contributed by atoms with Gasteiger partial charge in [0, 0.05) is 22.7 Å². The summed E-state index contributed by atoms with van der Waals surface area (Å²) in [5.41, 5.74) is -0.227. The van der Waals surface area contributed by atoms with Gasteiger partial charge in [-0.05, 0) is 0 Å². The zero-order valence-corrected chi connectivity index (χ0v) is 8.82. The second-order valence-electron chi connectivity index (χ2n) is 2.45. The zero-order chi connectivity index (χ0) is 10.7. The van der Waals surface area contributed by atoms with E-state index in [-0.39, 0.29) is 22.2 Å². The van der Waals surface area contributed by atoms with Gasteiger partial charge in [0.1, 0.15) is 0 Å². The molecule has 0 aliphatic carbocycles. The van der Waals surface area contributed by atoms with Crippen molar-refractivity contribution in [3.63, 3.8) is 0 Å². The Kier molecular flexibility index (Phi) is 3.74. The van der Waals surface area contributed by atoms with Gasteiger partial charge in [-0.15, -0.1) is 0 Å². The van der Waals surface area contributed by atoms with Crippen LogP contribution in [-0.2, 0) is 5.33 Å². The highest BCUT2D eigenvalue weighted by Crippen LogP contribution is 2.32. The molecule has 0 aromatic carbocycles. The summed E-state index contributed by atoms with van der Waals surface area (Å²) in [7, 11) is 1.21. The first-order chi connectivity index (χ1) is 6.61. The van der Waals surface area contributed by atoms with Crippen LogP contribution in [0.15, 0.2) is 6.20 Å². The number of hydrogen-bond donors (Lipinski definition) is 0. The molecule has 0 aliphatic heterocycles. The minimum absolute atomic E-state index is 0.0925. The first kappa shape index (κ1) is 11.3. The van der Waals surface area contributed by atoms with Crippen LogP contribution in [-0.4, -0.2) is 12.1 Å². The van der Waals surface area contributed by atoms with E-state index >= 15 is 0 Å². The van der Waals surface area contributed by atoms with E-state index in [1.165, 1.54) is 7.11 Å². The predicted octanol–water partition coefficient (Wildman–Crippen LogP) is 3.06. The highest BCUT2D eigenvalue weighted by molar-refractivity contribution is 9.08. The van der Waals surface area contributed by atoms with E-state index < -0.39 is 12.4 Å². The van der Waals surface area contributed by atoms with Gasteiger partial charge in [0.25, 0.3) is 12.4 Å². The molecule has 78 valence electrons. The topological polar surface area (TPSA) is 22.1 Å². The van der Waals surface area contributed by atoms with Crippen LogP contribution in [0.5, 0.6) is 5.75 Å². The maximum Gasteiger partial charge on any atom is 0.265 e. The lowest BCUT2D eigenvalue weighted by molar-refractivity contribution is 0.149. The summed E-state index contributed by atoms with van der Waals surface area (Å²) in [6, 6.07) is 0. The summed E-state index contributed by atoms with van der Waals surface area (Å²) >= 11 is 2.99. The second-order valence-corrected chi connectivity index (χ2v) is 3.01. The van der Waals surface area contributed by atoms with E-state index in [9.17, 15) is 13.2 Å². The van der Waals surface area contributed by atoms with Crippen LogP contribution in [0.2, 0.25) is 0 Å². The molecule has 0 fully saturated rings. The molecule has 0 saturated heterocycles. The standard InChI is InChI=1S/C8H7BrF3NO/c1-14-6-4(2-9)5(7(10)11)3-13-8(6)12/h3,7H,2H2,1H3. The number of methoxy groups -OCH3 is 1. The van der Waals surface area contributed by atoms with Crippen molar-refractivity contribution in [2.24, 2.45) is 0 Å². The zero-order valence-electron chi connectivity index (χ0n) is 7.23. The molecule has 14 heavy (non-hydrogen) atoms. The fraction of sp³-hybridized carbons (Fsp3) is 0.375. The second kappa shape index (κ2) is 4.63. The SMILES string of the molecule is COc1c(F)ncc(C(F)F)c1CBr. The molecule has 1 heterocycles. The summed E-state index contributed by atoms with van der Waals surface area (Å²) < 4.78 is 42.5. The van der Waals surface area contributed by atoms with Crippen molar-refractivity contribution in [2.45, 2.75) is 11.8 Å². The highest BCUT2D eigenvalue weighted by Gasteiger charge is 2.20. The average molecular weight is 270 g/mol. The predicted molar refractivity (Wildman–Crippen MR) is 48.3 cm³/mol. The van der Waals surface area contributed by atoms with E-state index in [4.69, 9.17) is 0 Å². The van der Waals surface area contributed by atoms with Gasteiger partial charge in [0.05, 0.1) is 7.11 Å². The Labute approximate surface area is 87.2 Å². The molecule has 0 N–H and O–H groups in total. The van der Waals surface area contributed by atoms with Crippen LogP contribution in [0, 0.1) is 5.95 Å². The molecule has 2 nitrogen and oxygen atoms in total. The number of pyridine rings is 1. The average Bonchev–Trinajstić information content (AvgIpc) is 2.16. The number of nitrogens with zero attached hydrogens (tertiary/aromatic N) is 1. The molecule has 0 saturated carbocycles. The fourth-order valence-electron chi connectivity index (χ4n) is 1.05. The normalized spacial score (nSPS) is 10.7. The number of hydrogen-bond acceptors (Lipinski definition) is 2. The highest BCUT2D eigenvalue weighted by atomic mass is 79.9. The summed E-state index contributed by atoms with van der Waals surface area (Å²) in [6.07, 6.45) is -1.87. The molecule has 0 bridgehead atoms. The van der Waals surface area contributed by atoms with E-state index in [2.05, 4.69) is 25.7 Å². The Morgan fingerprint density at radius 2 is 2.21 bits per heavy atom. The van der Waals surface area contributed by atoms with Crippen LogP contribution in [0.1, 0.15) is 17.6 Å². The third-order valence-corrected chi connectivity index (χ3v) is 2.26. The fourth-order valence-corrected chi connectivity index (χ4v) is 1.63. The molecule has 0 aliphatic rings. The van der Waals surface area contributed by atoms with E-state index in [1.54, 1.807) is 0 Å². The number of alkyl halides is 3. The Bertz CT molecular complexity index is 333. The molecule has 1 rings (SSSR count). The van der Waals surface area contributed by atoms with Crippen LogP contribution in [0.4, 0.5) is 13.2 Å². The maximum atomic E-state index is 13.0. The monoisotopic (exact) mass is 269 g/mol. The first-order valence-corrected chi connectivity index (χ1v) is 4.79. The Hall–Kier alpha value is -0.780. The molecule has 6 heteroatoms. The summed E-state index contributed by atoms with van der Waals surface area (Å²) in [4.78, 5) is 3.19. The van der Waals surface area contributed by atoms with Gasteiger partial charge < -0.3 is 4.74 Å². The van der Waals surface area contributed by atoms with Gasteiger partial charge in [-0.1, -0.05) is 15.9 Å². The third-order valence-electron chi connectivity index (χ3n) is 1.70. The van der Waals surface area contributed by atoms with Crippen molar-refractivity contribution in [3.8, 4) is 5.75 Å². The molecular weight excluding hydrogens is 263 g/mol. The summed E-state index contributed by atoms with van der Waals surface area (Å²) in [6.45, 7) is 0. The molecule has 0 atom stereocenters. The van der Waals surface area contributed by atoms with Crippen LogP contribution in [0.25, 0.3) is 0 Å². The van der Waals surface area contributed by atoms with E-state index in [0.29, 0.717) is 0 Å². The van der Waals surface area contributed by atoms with Crippen molar-refractivity contribution in [1.82, 2.24) is 4.98 Å². The number of ether oxygens (including phenoxy) is 1. The van der Waals surface area contributed by atoms with Gasteiger partial charge in [-0.3, -0.25) is 0 Å². The smallest absolute Gasteiger partial charge is 0.265 e. The first-order valence-electron chi connectivity index (χ1n) is 3.67. The number of aromatic nitrogens is 1. The van der Waals surface area contributed by atoms with Gasteiger partial charge in [-0.2, -0.15) is 4.39 Å². The van der Waals surface area contributed by atoms with Gasteiger partial charge in [-0.25, -0.2) is 13.8 Å². The van der Waals surface area contributed by atoms with Gasteiger partial charge in [0.2, 0.25) is 0 Å². The molecule has 0 spiro atoms. The quantitative estimate of drug-likeness (QED) is 0.622. The molecule has 1 aromatic heterocycles. The molecule has 0 unspecified atom stereocenters. The van der Waals surface area contributed by atoms with Crippen molar-refractivity contribution in [3.05, 3.63) is 23.3 Å². The van der Waals surface area contributed by atoms with Crippen molar-refractivity contribution < 1.29 is 17.9 Å². The summed E-state index contributed by atoms with van der Waals surface area (Å²) in [5, 5.41) is 0.0925. The third kappa shape index (κ3) is 2.00. The Morgan fingerprint density at radius 1 is 1.57 bits per heavy atom. The summed E-state index contributed by atoms with van der Waals surface area (Å²) in [5.74, 6) is -1.12. The Morgan fingerprint density at radius 3 is 2.64 bits per heavy atom. The van der Waals surface area contributed by atoms with Crippen molar-refractivity contribution in [1.29, 1.82) is 0 Å². The Balaban J connectivity index is 3.33. The van der Waals surface area contributed by atoms with Crippen molar-refractivity contribution >= 4 is 15.9 Å². The van der Waals surface area contributed by atoms with Crippen molar-refractivity contribution in [2.75, 3.05) is 7.11 Å². The molecule has 1 aromatic rings. The minimum Gasteiger partial charge on any atom is -0.492 e. The lowest BCUT2D eigenvalue weighted by Crippen LogP contribution is -2.02. The lowest BCUT2D eigenvalue weighted by atomic mass is 10.1. The van der Waals surface area contributed by atoms with Crippen LogP contribution < -0.4 is 4.74 Å². The van der Waals surface area contributed by atoms with Crippen LogP contribution in [0.3, 0.4) is 0 Å².